The number of nitrogens with zero attached hydrogens (tertiary/aromatic N) is 3. The van der Waals surface area contributed by atoms with E-state index in [-0.39, 0.29) is 0 Å². The topological polar surface area (TPSA) is 30.7 Å². The molecule has 0 saturated heterocycles. The van der Waals surface area contributed by atoms with E-state index in [1.165, 1.54) is 43.8 Å². The first-order chi connectivity index (χ1) is 23.3. The van der Waals surface area contributed by atoms with Crippen molar-refractivity contribution in [2.24, 2.45) is 0 Å². The van der Waals surface area contributed by atoms with Gasteiger partial charge in [0.1, 0.15) is 5.82 Å². The Bertz CT molecular complexity index is 2490. The Hall–Kier alpha value is -6.32. The zero-order valence-corrected chi connectivity index (χ0v) is 25.6. The lowest BCUT2D eigenvalue weighted by Crippen LogP contribution is -1.97. The van der Waals surface area contributed by atoms with E-state index in [1.807, 2.05) is 24.5 Å². The van der Waals surface area contributed by atoms with Gasteiger partial charge in [-0.15, -0.1) is 0 Å². The number of aromatic nitrogens is 3. The summed E-state index contributed by atoms with van der Waals surface area (Å²) in [5.41, 5.74) is 11.4. The van der Waals surface area contributed by atoms with Gasteiger partial charge in [0, 0.05) is 29.2 Å². The van der Waals surface area contributed by atoms with Crippen LogP contribution in [-0.2, 0) is 0 Å². The maximum atomic E-state index is 5.09. The van der Waals surface area contributed by atoms with E-state index < -0.39 is 0 Å². The predicted octanol–water partition coefficient (Wildman–Crippen LogP) is 11.4. The largest absolute Gasteiger partial charge is 0.292 e. The molecule has 2 heterocycles. The van der Waals surface area contributed by atoms with Crippen LogP contribution >= 0.6 is 0 Å². The van der Waals surface area contributed by atoms with Crippen molar-refractivity contribution in [2.75, 3.05) is 0 Å². The molecule has 3 heteroatoms. The van der Waals surface area contributed by atoms with E-state index in [4.69, 9.17) is 4.98 Å². The number of hydrogen-bond acceptors (Lipinski definition) is 2. The summed E-state index contributed by atoms with van der Waals surface area (Å²) in [5.74, 6) is 0.933. The number of fused-ring (bicyclic) bond motifs is 3. The third-order valence-electron chi connectivity index (χ3n) is 9.08. The van der Waals surface area contributed by atoms with Gasteiger partial charge in [-0.05, 0) is 85.8 Å². The molecule has 0 saturated carbocycles. The molecule has 9 rings (SSSR count). The van der Waals surface area contributed by atoms with Crippen LogP contribution in [0.15, 0.2) is 176 Å². The third-order valence-corrected chi connectivity index (χ3v) is 9.08. The Balaban J connectivity index is 1.23. The third kappa shape index (κ3) is 4.60. The second-order valence-electron chi connectivity index (χ2n) is 11.8. The summed E-state index contributed by atoms with van der Waals surface area (Å²) in [4.78, 5) is 9.45. The minimum absolute atomic E-state index is 0.933. The zero-order chi connectivity index (χ0) is 31.2. The predicted molar refractivity (Wildman–Crippen MR) is 196 cm³/mol. The summed E-state index contributed by atoms with van der Waals surface area (Å²) in [6.45, 7) is 0. The van der Waals surface area contributed by atoms with Gasteiger partial charge in [0.2, 0.25) is 0 Å². The van der Waals surface area contributed by atoms with Crippen LogP contribution < -0.4 is 0 Å². The first kappa shape index (κ1) is 27.0. The highest BCUT2D eigenvalue weighted by Crippen LogP contribution is 2.44. The molecule has 0 aliphatic carbocycles. The van der Waals surface area contributed by atoms with E-state index in [2.05, 4.69) is 161 Å². The molecule has 3 nitrogen and oxygen atoms in total. The highest BCUT2D eigenvalue weighted by Gasteiger charge is 2.18. The summed E-state index contributed by atoms with van der Waals surface area (Å²) >= 11 is 0. The molecule has 9 aromatic rings. The standard InChI is InChI=1S/C44H29N3/c1-2-15-35(16-3-1)47-41-22-9-8-21-40(41)46-44(47)31-25-23-30(24-26-31)42-36-17-4-6-19-38(36)43(39-20-7-5-18-37(39)42)33-13-10-12-32(28-33)34-14-11-27-45-29-34/h1-29H. The maximum absolute atomic E-state index is 5.09. The van der Waals surface area contributed by atoms with Crippen molar-refractivity contribution in [3.63, 3.8) is 0 Å². The second-order valence-corrected chi connectivity index (χ2v) is 11.8. The van der Waals surface area contributed by atoms with Gasteiger partial charge in [-0.1, -0.05) is 127 Å². The molecule has 0 unspecified atom stereocenters. The van der Waals surface area contributed by atoms with Crippen molar-refractivity contribution >= 4 is 32.6 Å². The van der Waals surface area contributed by atoms with Crippen molar-refractivity contribution in [3.05, 3.63) is 176 Å². The molecular formula is C44H29N3. The van der Waals surface area contributed by atoms with Crippen LogP contribution in [0.1, 0.15) is 0 Å². The average Bonchev–Trinajstić information content (AvgIpc) is 3.54. The molecular weight excluding hydrogens is 571 g/mol. The fourth-order valence-electron chi connectivity index (χ4n) is 6.98. The van der Waals surface area contributed by atoms with Gasteiger partial charge in [0.25, 0.3) is 0 Å². The fourth-order valence-corrected chi connectivity index (χ4v) is 6.98. The second kappa shape index (κ2) is 11.2. The lowest BCUT2D eigenvalue weighted by atomic mass is 9.85. The highest BCUT2D eigenvalue weighted by molar-refractivity contribution is 6.21. The number of imidazole rings is 1. The molecule has 0 amide bonds. The first-order valence-electron chi connectivity index (χ1n) is 15.9. The molecule has 0 atom stereocenters. The summed E-state index contributed by atoms with van der Waals surface area (Å²) in [6.07, 6.45) is 3.75. The molecule has 0 aliphatic heterocycles. The van der Waals surface area contributed by atoms with Crippen molar-refractivity contribution in [2.45, 2.75) is 0 Å². The van der Waals surface area contributed by atoms with Crippen molar-refractivity contribution in [3.8, 4) is 50.5 Å². The number of para-hydroxylation sites is 3. The molecule has 47 heavy (non-hydrogen) atoms. The molecule has 0 fully saturated rings. The minimum atomic E-state index is 0.933. The number of rotatable bonds is 5. The summed E-state index contributed by atoms with van der Waals surface area (Å²) < 4.78 is 2.25. The van der Waals surface area contributed by atoms with E-state index in [0.717, 1.165) is 39.2 Å². The smallest absolute Gasteiger partial charge is 0.145 e. The molecule has 2 aromatic heterocycles. The molecule has 0 radical (unpaired) electrons. The Morgan fingerprint density at radius 3 is 1.66 bits per heavy atom. The normalized spacial score (nSPS) is 11.4. The van der Waals surface area contributed by atoms with Crippen molar-refractivity contribution in [1.82, 2.24) is 14.5 Å². The Morgan fingerprint density at radius 2 is 0.979 bits per heavy atom. The van der Waals surface area contributed by atoms with Gasteiger partial charge >= 0.3 is 0 Å². The zero-order valence-electron chi connectivity index (χ0n) is 25.6. The van der Waals surface area contributed by atoms with Crippen LogP contribution in [0.25, 0.3) is 83.0 Å². The molecule has 220 valence electrons. The fraction of sp³-hybridized carbons (Fsp3) is 0. The van der Waals surface area contributed by atoms with Gasteiger partial charge in [-0.25, -0.2) is 4.98 Å². The average molecular weight is 600 g/mol. The molecule has 0 spiro atoms. The summed E-state index contributed by atoms with van der Waals surface area (Å²) in [7, 11) is 0. The van der Waals surface area contributed by atoms with Crippen LogP contribution in [-0.4, -0.2) is 14.5 Å². The van der Waals surface area contributed by atoms with Gasteiger partial charge in [0.15, 0.2) is 0 Å². The van der Waals surface area contributed by atoms with E-state index in [0.29, 0.717) is 0 Å². The van der Waals surface area contributed by atoms with E-state index in [1.54, 1.807) is 0 Å². The van der Waals surface area contributed by atoms with E-state index >= 15 is 0 Å². The van der Waals surface area contributed by atoms with Crippen LogP contribution in [0, 0.1) is 0 Å². The Kier molecular flexibility index (Phi) is 6.46. The quantitative estimate of drug-likeness (QED) is 0.184. The number of benzene rings is 7. The maximum Gasteiger partial charge on any atom is 0.145 e. The summed E-state index contributed by atoms with van der Waals surface area (Å²) in [5, 5.41) is 4.94. The summed E-state index contributed by atoms with van der Waals surface area (Å²) in [6, 6.07) is 58.3. The number of hydrogen-bond donors (Lipinski definition) is 0. The molecule has 0 bridgehead atoms. The van der Waals surface area contributed by atoms with Crippen LogP contribution in [0.3, 0.4) is 0 Å². The molecule has 7 aromatic carbocycles. The SMILES string of the molecule is c1ccc(-n2c(-c3ccc(-c4c5ccccc5c(-c5cccc(-c6cccnc6)c5)c5ccccc45)cc3)nc3ccccc32)cc1. The van der Waals surface area contributed by atoms with Crippen LogP contribution in [0.5, 0.6) is 0 Å². The lowest BCUT2D eigenvalue weighted by molar-refractivity contribution is 1.10. The van der Waals surface area contributed by atoms with Gasteiger partial charge in [-0.2, -0.15) is 0 Å². The van der Waals surface area contributed by atoms with Crippen LogP contribution in [0.4, 0.5) is 0 Å². The van der Waals surface area contributed by atoms with Crippen molar-refractivity contribution in [1.29, 1.82) is 0 Å². The first-order valence-corrected chi connectivity index (χ1v) is 15.9. The number of pyridine rings is 1. The molecule has 0 aliphatic rings. The Morgan fingerprint density at radius 1 is 0.404 bits per heavy atom. The van der Waals surface area contributed by atoms with Gasteiger partial charge in [0.05, 0.1) is 11.0 Å². The highest BCUT2D eigenvalue weighted by atomic mass is 15.1. The minimum Gasteiger partial charge on any atom is -0.292 e. The Labute approximate surface area is 273 Å². The lowest BCUT2D eigenvalue weighted by Gasteiger charge is -2.18. The van der Waals surface area contributed by atoms with Gasteiger partial charge < -0.3 is 0 Å². The van der Waals surface area contributed by atoms with Gasteiger partial charge in [-0.3, -0.25) is 9.55 Å². The monoisotopic (exact) mass is 599 g/mol. The van der Waals surface area contributed by atoms with Crippen molar-refractivity contribution < 1.29 is 0 Å². The van der Waals surface area contributed by atoms with E-state index in [9.17, 15) is 0 Å². The van der Waals surface area contributed by atoms with Crippen LogP contribution in [0.2, 0.25) is 0 Å². The molecule has 0 N–H and O–H groups in total.